The summed E-state index contributed by atoms with van der Waals surface area (Å²) < 4.78 is 16.1. The van der Waals surface area contributed by atoms with Crippen LogP contribution < -0.4 is 11.1 Å². The number of nitrogens with zero attached hydrogens (tertiary/aromatic N) is 1. The molecule has 5 atom stereocenters. The van der Waals surface area contributed by atoms with Crippen LogP contribution in [0.5, 0.6) is 5.75 Å². The maximum absolute atomic E-state index is 16.1. The van der Waals surface area contributed by atoms with Crippen molar-refractivity contribution in [2.75, 3.05) is 19.4 Å². The van der Waals surface area contributed by atoms with Crippen molar-refractivity contribution in [2.24, 2.45) is 29.4 Å². The Morgan fingerprint density at radius 2 is 1.78 bits per heavy atom. The number of benzene rings is 1. The number of ketones is 2. The van der Waals surface area contributed by atoms with Crippen LogP contribution in [0.25, 0.3) is 5.76 Å². The number of nitrogens with one attached hydrogen (secondary N) is 1. The Hall–Kier alpha value is -3.77. The molecule has 1 unspecified atom stereocenters. The van der Waals surface area contributed by atoms with Gasteiger partial charge >= 0.3 is 0 Å². The number of fused-ring (bicyclic) bond motifs is 4. The second kappa shape index (κ2) is 9.12. The summed E-state index contributed by atoms with van der Waals surface area (Å²) in [6.07, 6.45) is 3.48. The number of phenolic OH excluding ortho intramolecular Hbond substituents is 1. The maximum Gasteiger partial charge on any atom is 0.255 e. The summed E-state index contributed by atoms with van der Waals surface area (Å²) in [7, 11) is 3.01. The van der Waals surface area contributed by atoms with Gasteiger partial charge in [0.05, 0.1) is 17.3 Å². The number of aromatic hydroxyl groups is 1. The summed E-state index contributed by atoms with van der Waals surface area (Å²) in [4.78, 5) is 53.4. The van der Waals surface area contributed by atoms with Gasteiger partial charge in [-0.15, -0.1) is 0 Å². The van der Waals surface area contributed by atoms with Crippen LogP contribution in [0.1, 0.15) is 48.8 Å². The van der Waals surface area contributed by atoms with E-state index in [1.54, 1.807) is 0 Å². The topological polar surface area (TPSA) is 190 Å². The van der Waals surface area contributed by atoms with Gasteiger partial charge in [-0.3, -0.25) is 24.1 Å². The molecular weight excluding hydrogens is 537 g/mol. The van der Waals surface area contributed by atoms with E-state index < -0.39 is 75.5 Å². The van der Waals surface area contributed by atoms with Crippen molar-refractivity contribution in [3.8, 4) is 5.75 Å². The quantitative estimate of drug-likeness (QED) is 0.225. The van der Waals surface area contributed by atoms with Gasteiger partial charge in [-0.05, 0) is 58.0 Å². The summed E-state index contributed by atoms with van der Waals surface area (Å²) >= 11 is 0. The van der Waals surface area contributed by atoms with Crippen LogP contribution in [0.15, 0.2) is 16.9 Å². The third-order valence-corrected chi connectivity index (χ3v) is 9.61. The van der Waals surface area contributed by atoms with Gasteiger partial charge in [0, 0.05) is 28.5 Å². The van der Waals surface area contributed by atoms with E-state index in [4.69, 9.17) is 5.73 Å². The van der Waals surface area contributed by atoms with Gasteiger partial charge in [0.15, 0.2) is 17.1 Å². The van der Waals surface area contributed by atoms with Crippen LogP contribution in [0.3, 0.4) is 0 Å². The Balaban J connectivity index is 1.48. The van der Waals surface area contributed by atoms with Crippen molar-refractivity contribution in [1.29, 1.82) is 0 Å². The second-order valence-corrected chi connectivity index (χ2v) is 12.2. The molecule has 12 heteroatoms. The normalized spacial score (nSPS) is 31.0. The summed E-state index contributed by atoms with van der Waals surface area (Å²) in [5, 5.41) is 47.7. The minimum Gasteiger partial charge on any atom is -0.508 e. The number of phenols is 1. The van der Waals surface area contributed by atoms with Crippen LogP contribution in [-0.4, -0.2) is 74.4 Å². The number of primary amides is 1. The first-order chi connectivity index (χ1) is 19.3. The van der Waals surface area contributed by atoms with Gasteiger partial charge in [0.1, 0.15) is 22.9 Å². The van der Waals surface area contributed by atoms with E-state index in [9.17, 15) is 39.6 Å². The summed E-state index contributed by atoms with van der Waals surface area (Å²) in [6.45, 7) is 0. The number of amides is 2. The molecule has 1 aliphatic heterocycles. The Kier molecular flexibility index (Phi) is 6.09. The average molecular weight is 570 g/mol. The zero-order valence-corrected chi connectivity index (χ0v) is 22.7. The molecule has 2 amide bonds. The number of aliphatic hydroxyl groups is 3. The lowest BCUT2D eigenvalue weighted by atomic mass is 9.57. The third kappa shape index (κ3) is 3.76. The molecule has 0 bridgehead atoms. The molecule has 0 saturated heterocycles. The highest BCUT2D eigenvalue weighted by Crippen LogP contribution is 2.54. The first-order valence-electron chi connectivity index (χ1n) is 13.8. The lowest BCUT2D eigenvalue weighted by Gasteiger charge is -2.50. The molecule has 4 aliphatic carbocycles. The van der Waals surface area contributed by atoms with Crippen LogP contribution in [-0.2, 0) is 32.0 Å². The molecule has 1 heterocycles. The van der Waals surface area contributed by atoms with Crippen molar-refractivity contribution in [3.05, 3.63) is 39.4 Å². The molecule has 0 aromatic heterocycles. The maximum atomic E-state index is 16.1. The fraction of sp³-hybridized carbons (Fsp3) is 0.517. The standard InChI is InChI=1S/C29H32FN3O8/c1-33(2)21-15-9-12-8-13-17(22(34)16(12)25(37)29(15,41)26(38)18(24(21)36)27(31)39)23(35)20-14(19(13)30)7-11(28(40)32-20)6-5-10-3-4-10/h10-12,15,21,34-35,38,41H,3-9H2,1-2H3,(H2,31,39)(H,32,40)/t11?,12-,15-,21-,29-/m0/s1. The molecule has 2 fully saturated rings. The Morgan fingerprint density at radius 3 is 2.39 bits per heavy atom. The predicted molar refractivity (Wildman–Crippen MR) is 142 cm³/mol. The van der Waals surface area contributed by atoms with Crippen molar-refractivity contribution in [1.82, 2.24) is 4.90 Å². The fourth-order valence-corrected chi connectivity index (χ4v) is 7.36. The first kappa shape index (κ1) is 27.4. The van der Waals surface area contributed by atoms with Crippen molar-refractivity contribution < 1.29 is 44.0 Å². The van der Waals surface area contributed by atoms with Crippen molar-refractivity contribution in [2.45, 2.75) is 56.6 Å². The van der Waals surface area contributed by atoms with Crippen molar-refractivity contribution >= 4 is 34.8 Å². The molecule has 1 aromatic rings. The molecule has 7 N–H and O–H groups in total. The summed E-state index contributed by atoms with van der Waals surface area (Å²) in [5.41, 5.74) is 0.796. The number of likely N-dealkylation sites (N-methyl/N-ethyl adjacent to an activating group) is 1. The van der Waals surface area contributed by atoms with Crippen LogP contribution in [0.2, 0.25) is 0 Å². The zero-order valence-electron chi connectivity index (χ0n) is 22.7. The van der Waals surface area contributed by atoms with Crippen LogP contribution in [0.4, 0.5) is 10.1 Å². The zero-order chi connectivity index (χ0) is 29.7. The van der Waals surface area contributed by atoms with Crippen LogP contribution in [0, 0.1) is 29.5 Å². The largest absolute Gasteiger partial charge is 0.508 e. The van der Waals surface area contributed by atoms with E-state index in [1.807, 2.05) is 0 Å². The minimum absolute atomic E-state index is 0.0380. The lowest BCUT2D eigenvalue weighted by molar-refractivity contribution is -0.153. The van der Waals surface area contributed by atoms with Crippen LogP contribution >= 0.6 is 0 Å². The molecule has 11 nitrogen and oxygen atoms in total. The number of rotatable bonds is 5. The molecule has 5 aliphatic rings. The number of Topliss-reactive ketones (excluding diaryl/α,β-unsaturated/α-hetero) is 2. The van der Waals surface area contributed by atoms with Gasteiger partial charge in [0.2, 0.25) is 11.7 Å². The Labute approximate surface area is 234 Å². The van der Waals surface area contributed by atoms with E-state index in [-0.39, 0.29) is 53.1 Å². The number of hydrogen-bond donors (Lipinski definition) is 6. The molecular formula is C29H32FN3O8. The fourth-order valence-electron chi connectivity index (χ4n) is 7.36. The molecule has 2 saturated carbocycles. The minimum atomic E-state index is -2.78. The molecule has 0 radical (unpaired) electrons. The smallest absolute Gasteiger partial charge is 0.255 e. The van der Waals surface area contributed by atoms with E-state index in [0.29, 0.717) is 12.3 Å². The van der Waals surface area contributed by atoms with Gasteiger partial charge in [-0.1, -0.05) is 12.8 Å². The SMILES string of the molecule is CN(C)[C@@H]1C(=O)C(C(N)=O)=C(O)[C@@]2(O)C(=O)C3=C(O)c4c(O)c5c(c(F)c4C[C@H]3C[C@@H]12)CC(CCC1CC1)C(=O)N5. The van der Waals surface area contributed by atoms with E-state index in [2.05, 4.69) is 5.32 Å². The number of hydrogen-bond acceptors (Lipinski definition) is 9. The van der Waals surface area contributed by atoms with Crippen molar-refractivity contribution in [3.63, 3.8) is 0 Å². The average Bonchev–Trinajstić information content (AvgIpc) is 3.72. The third-order valence-electron chi connectivity index (χ3n) is 9.61. The molecule has 218 valence electrons. The van der Waals surface area contributed by atoms with E-state index in [0.717, 1.165) is 19.3 Å². The first-order valence-corrected chi connectivity index (χ1v) is 13.8. The molecule has 6 rings (SSSR count). The van der Waals surface area contributed by atoms with Gasteiger partial charge in [-0.25, -0.2) is 4.39 Å². The Bertz CT molecular complexity index is 1510. The van der Waals surface area contributed by atoms with Gasteiger partial charge in [0.25, 0.3) is 5.91 Å². The number of halogens is 1. The molecule has 1 aromatic carbocycles. The van der Waals surface area contributed by atoms with E-state index in [1.165, 1.54) is 19.0 Å². The number of aliphatic hydroxyl groups excluding tert-OH is 2. The highest BCUT2D eigenvalue weighted by Gasteiger charge is 2.64. The monoisotopic (exact) mass is 569 g/mol. The lowest BCUT2D eigenvalue weighted by Crippen LogP contribution is -2.65. The predicted octanol–water partition coefficient (Wildman–Crippen LogP) is 1.40. The highest BCUT2D eigenvalue weighted by molar-refractivity contribution is 6.24. The number of nitrogens with two attached hydrogens (primary N) is 1. The highest BCUT2D eigenvalue weighted by atomic mass is 19.1. The number of anilines is 1. The number of carbonyl (C=O) groups excluding carboxylic acids is 4. The van der Waals surface area contributed by atoms with Gasteiger partial charge in [-0.2, -0.15) is 0 Å². The summed E-state index contributed by atoms with van der Waals surface area (Å²) in [6, 6.07) is -1.23. The van der Waals surface area contributed by atoms with E-state index >= 15 is 4.39 Å². The second-order valence-electron chi connectivity index (χ2n) is 12.2. The number of carbonyl (C=O) groups is 4. The summed E-state index contributed by atoms with van der Waals surface area (Å²) in [5.74, 6) is -9.04. The van der Waals surface area contributed by atoms with Gasteiger partial charge < -0.3 is 31.5 Å². The Morgan fingerprint density at radius 1 is 1.10 bits per heavy atom. The molecule has 41 heavy (non-hydrogen) atoms. The molecule has 0 spiro atoms.